The van der Waals surface area contributed by atoms with E-state index in [0.29, 0.717) is 5.92 Å². The molecule has 2 aliphatic carbocycles. The van der Waals surface area contributed by atoms with Crippen molar-refractivity contribution in [3.63, 3.8) is 0 Å². The average Bonchev–Trinajstić information content (AvgIpc) is 2.09. The fourth-order valence-electron chi connectivity index (χ4n) is 2.43. The van der Waals surface area contributed by atoms with Crippen LogP contribution in [0.1, 0.15) is 32.1 Å². The number of rotatable bonds is 0. The Bertz CT molecular complexity index is 109. The van der Waals surface area contributed by atoms with Crippen molar-refractivity contribution in [3.05, 3.63) is 0 Å². The molecule has 2 fully saturated rings. The molecule has 0 heterocycles. The summed E-state index contributed by atoms with van der Waals surface area (Å²) >= 11 is 0. The predicted octanol–water partition coefficient (Wildman–Crippen LogP) is 1.56. The van der Waals surface area contributed by atoms with Crippen LogP contribution in [0.3, 0.4) is 0 Å². The lowest BCUT2D eigenvalue weighted by Gasteiger charge is -2.17. The molecular weight excluding hydrogens is 112 g/mol. The summed E-state index contributed by atoms with van der Waals surface area (Å²) in [5.74, 6) is 1.57. The smallest absolute Gasteiger partial charge is 0.0571 e. The molecule has 1 nitrogen and oxygen atoms in total. The molecule has 1 N–H and O–H groups in total. The predicted molar refractivity (Wildman–Crippen MR) is 36.1 cm³/mol. The Morgan fingerprint density at radius 2 is 2.00 bits per heavy atom. The molecule has 0 aromatic carbocycles. The molecule has 0 spiro atoms. The maximum absolute atomic E-state index is 9.40. The first-order chi connectivity index (χ1) is 4.36. The van der Waals surface area contributed by atoms with Gasteiger partial charge in [0, 0.05) is 0 Å². The van der Waals surface area contributed by atoms with E-state index in [4.69, 9.17) is 0 Å². The summed E-state index contributed by atoms with van der Waals surface area (Å²) in [5, 5.41) is 9.40. The SMILES string of the molecule is OC1CC2CCCC1C2. The van der Waals surface area contributed by atoms with Gasteiger partial charge in [0.1, 0.15) is 0 Å². The molecule has 9 heavy (non-hydrogen) atoms. The third kappa shape index (κ3) is 0.877. The van der Waals surface area contributed by atoms with Gasteiger partial charge in [-0.05, 0) is 31.1 Å². The van der Waals surface area contributed by atoms with Gasteiger partial charge in [-0.25, -0.2) is 0 Å². The minimum absolute atomic E-state index is 0.0671. The lowest BCUT2D eigenvalue weighted by atomic mass is 9.89. The summed E-state index contributed by atoms with van der Waals surface area (Å²) in [6.45, 7) is 0. The first kappa shape index (κ1) is 5.72. The lowest BCUT2D eigenvalue weighted by molar-refractivity contribution is 0.129. The fourth-order valence-corrected chi connectivity index (χ4v) is 2.43. The summed E-state index contributed by atoms with van der Waals surface area (Å²) in [6, 6.07) is 0. The Hall–Kier alpha value is -0.0400. The van der Waals surface area contributed by atoms with Crippen LogP contribution >= 0.6 is 0 Å². The van der Waals surface area contributed by atoms with Gasteiger partial charge in [0.25, 0.3) is 0 Å². The number of aliphatic hydroxyl groups is 1. The summed E-state index contributed by atoms with van der Waals surface area (Å²) in [4.78, 5) is 0. The number of aliphatic hydroxyl groups excluding tert-OH is 1. The molecule has 2 saturated carbocycles. The average molecular weight is 126 g/mol. The van der Waals surface area contributed by atoms with E-state index >= 15 is 0 Å². The normalized spacial score (nSPS) is 49.7. The van der Waals surface area contributed by atoms with Crippen molar-refractivity contribution >= 4 is 0 Å². The monoisotopic (exact) mass is 126 g/mol. The van der Waals surface area contributed by atoms with Gasteiger partial charge in [0.05, 0.1) is 6.10 Å². The van der Waals surface area contributed by atoms with Crippen molar-refractivity contribution in [2.75, 3.05) is 0 Å². The van der Waals surface area contributed by atoms with Gasteiger partial charge in [0.15, 0.2) is 0 Å². The third-order valence-corrected chi connectivity index (χ3v) is 2.94. The second-order valence-electron chi connectivity index (χ2n) is 3.60. The topological polar surface area (TPSA) is 20.2 Å². The van der Waals surface area contributed by atoms with Crippen molar-refractivity contribution in [1.29, 1.82) is 0 Å². The molecule has 52 valence electrons. The van der Waals surface area contributed by atoms with Crippen LogP contribution in [0, 0.1) is 11.8 Å². The summed E-state index contributed by atoms with van der Waals surface area (Å²) in [6.07, 6.45) is 6.53. The Morgan fingerprint density at radius 3 is 2.67 bits per heavy atom. The number of hydrogen-bond donors (Lipinski definition) is 1. The van der Waals surface area contributed by atoms with Crippen LogP contribution in [0.15, 0.2) is 0 Å². The van der Waals surface area contributed by atoms with E-state index in [9.17, 15) is 5.11 Å². The Labute approximate surface area is 56.1 Å². The largest absolute Gasteiger partial charge is 0.393 e. The molecule has 0 radical (unpaired) electrons. The summed E-state index contributed by atoms with van der Waals surface area (Å²) in [5.41, 5.74) is 0. The lowest BCUT2D eigenvalue weighted by Crippen LogP contribution is -2.12. The Balaban J connectivity index is 2.07. The Morgan fingerprint density at radius 1 is 1.11 bits per heavy atom. The molecule has 2 aliphatic rings. The van der Waals surface area contributed by atoms with Crippen molar-refractivity contribution in [1.82, 2.24) is 0 Å². The second kappa shape index (κ2) is 1.98. The standard InChI is InChI=1S/C8H14O/c9-8-5-6-2-1-3-7(8)4-6/h6-9H,1-5H2. The highest BCUT2D eigenvalue weighted by Gasteiger charge is 2.35. The molecule has 0 aliphatic heterocycles. The van der Waals surface area contributed by atoms with Crippen molar-refractivity contribution in [2.24, 2.45) is 11.8 Å². The highest BCUT2D eigenvalue weighted by atomic mass is 16.3. The van der Waals surface area contributed by atoms with E-state index in [0.717, 1.165) is 12.3 Å². The third-order valence-electron chi connectivity index (χ3n) is 2.94. The second-order valence-corrected chi connectivity index (χ2v) is 3.60. The minimum Gasteiger partial charge on any atom is -0.393 e. The van der Waals surface area contributed by atoms with Crippen LogP contribution < -0.4 is 0 Å². The quantitative estimate of drug-likeness (QED) is 0.522. The minimum atomic E-state index is 0.0671. The van der Waals surface area contributed by atoms with Gasteiger partial charge in [-0.1, -0.05) is 12.8 Å². The zero-order chi connectivity index (χ0) is 6.27. The van der Waals surface area contributed by atoms with E-state index < -0.39 is 0 Å². The molecular formula is C8H14O. The van der Waals surface area contributed by atoms with Gasteiger partial charge in [-0.3, -0.25) is 0 Å². The van der Waals surface area contributed by atoms with Gasteiger partial charge >= 0.3 is 0 Å². The molecule has 2 bridgehead atoms. The molecule has 0 amide bonds. The van der Waals surface area contributed by atoms with Gasteiger partial charge in [-0.15, -0.1) is 0 Å². The van der Waals surface area contributed by atoms with Gasteiger partial charge < -0.3 is 5.11 Å². The molecule has 0 aromatic rings. The van der Waals surface area contributed by atoms with Crippen LogP contribution in [0.25, 0.3) is 0 Å². The van der Waals surface area contributed by atoms with Gasteiger partial charge in [-0.2, -0.15) is 0 Å². The molecule has 1 heteroatoms. The van der Waals surface area contributed by atoms with Crippen molar-refractivity contribution in [2.45, 2.75) is 38.2 Å². The molecule has 0 aromatic heterocycles. The highest BCUT2D eigenvalue weighted by molar-refractivity contribution is 4.86. The highest BCUT2D eigenvalue weighted by Crippen LogP contribution is 2.41. The molecule has 3 unspecified atom stereocenters. The van der Waals surface area contributed by atoms with E-state index in [1.807, 2.05) is 0 Å². The van der Waals surface area contributed by atoms with Crippen LogP contribution in [0.5, 0.6) is 0 Å². The fraction of sp³-hybridized carbons (Fsp3) is 1.00. The van der Waals surface area contributed by atoms with Crippen LogP contribution in [0.2, 0.25) is 0 Å². The first-order valence-electron chi connectivity index (χ1n) is 4.04. The van der Waals surface area contributed by atoms with Crippen molar-refractivity contribution in [3.8, 4) is 0 Å². The first-order valence-corrected chi connectivity index (χ1v) is 4.04. The Kier molecular flexibility index (Phi) is 1.26. The van der Waals surface area contributed by atoms with Crippen LogP contribution in [-0.2, 0) is 0 Å². The zero-order valence-corrected chi connectivity index (χ0v) is 5.71. The van der Waals surface area contributed by atoms with E-state index in [1.165, 1.54) is 25.7 Å². The summed E-state index contributed by atoms with van der Waals surface area (Å²) < 4.78 is 0. The number of fused-ring (bicyclic) bond motifs is 2. The van der Waals surface area contributed by atoms with Crippen molar-refractivity contribution < 1.29 is 5.11 Å². The van der Waals surface area contributed by atoms with Gasteiger partial charge in [0.2, 0.25) is 0 Å². The number of hydrogen-bond acceptors (Lipinski definition) is 1. The molecule has 3 atom stereocenters. The van der Waals surface area contributed by atoms with Crippen LogP contribution in [-0.4, -0.2) is 11.2 Å². The maximum Gasteiger partial charge on any atom is 0.0571 e. The van der Waals surface area contributed by atoms with E-state index in [2.05, 4.69) is 0 Å². The molecule has 0 saturated heterocycles. The van der Waals surface area contributed by atoms with Crippen LogP contribution in [0.4, 0.5) is 0 Å². The van der Waals surface area contributed by atoms with E-state index in [1.54, 1.807) is 0 Å². The maximum atomic E-state index is 9.40. The molecule has 2 rings (SSSR count). The summed E-state index contributed by atoms with van der Waals surface area (Å²) in [7, 11) is 0. The van der Waals surface area contributed by atoms with E-state index in [-0.39, 0.29) is 6.10 Å². The zero-order valence-electron chi connectivity index (χ0n) is 5.71.